The number of carbonyl (C=O) groups is 1. The Morgan fingerprint density at radius 2 is 2.22 bits per heavy atom. The molecular weight excluding hydrogens is 226 g/mol. The second kappa shape index (κ2) is 7.74. The highest BCUT2D eigenvalue weighted by molar-refractivity contribution is 5.78. The van der Waals surface area contributed by atoms with Gasteiger partial charge in [0.2, 0.25) is 5.91 Å². The van der Waals surface area contributed by atoms with Crippen molar-refractivity contribution >= 4 is 5.91 Å². The van der Waals surface area contributed by atoms with Crippen LogP contribution in [-0.4, -0.2) is 42.5 Å². The van der Waals surface area contributed by atoms with Crippen LogP contribution in [0.4, 0.5) is 0 Å². The Labute approximate surface area is 111 Å². The third-order valence-electron chi connectivity index (χ3n) is 3.90. The Bertz CT molecular complexity index is 257. The molecule has 3 N–H and O–H groups in total. The van der Waals surface area contributed by atoms with Gasteiger partial charge in [-0.05, 0) is 25.7 Å². The number of rotatable bonds is 6. The van der Waals surface area contributed by atoms with Crippen LogP contribution in [-0.2, 0) is 4.79 Å². The van der Waals surface area contributed by atoms with Gasteiger partial charge in [-0.1, -0.05) is 26.7 Å². The number of amides is 1. The van der Waals surface area contributed by atoms with E-state index in [1.807, 2.05) is 0 Å². The molecule has 4 nitrogen and oxygen atoms in total. The van der Waals surface area contributed by atoms with Gasteiger partial charge in [-0.15, -0.1) is 0 Å². The summed E-state index contributed by atoms with van der Waals surface area (Å²) in [5.74, 6) is 0.695. The third-order valence-corrected chi connectivity index (χ3v) is 3.90. The van der Waals surface area contributed by atoms with Gasteiger partial charge in [0.15, 0.2) is 0 Å². The van der Waals surface area contributed by atoms with Crippen LogP contribution in [0.5, 0.6) is 0 Å². The molecule has 0 radical (unpaired) electrons. The van der Waals surface area contributed by atoms with Crippen LogP contribution in [0.15, 0.2) is 0 Å². The van der Waals surface area contributed by atoms with Crippen LogP contribution in [0.2, 0.25) is 0 Å². The molecule has 106 valence electrons. The van der Waals surface area contributed by atoms with Crippen molar-refractivity contribution in [1.82, 2.24) is 10.2 Å². The maximum absolute atomic E-state index is 11.9. The van der Waals surface area contributed by atoms with E-state index in [4.69, 9.17) is 5.73 Å². The SMILES string of the molecule is CCCC(C)NC(=O)CN1CCC(N)C(CC)C1. The Morgan fingerprint density at radius 3 is 2.83 bits per heavy atom. The highest BCUT2D eigenvalue weighted by Gasteiger charge is 2.26. The molecule has 1 aliphatic heterocycles. The summed E-state index contributed by atoms with van der Waals surface area (Å²) < 4.78 is 0. The number of nitrogens with two attached hydrogens (primary N) is 1. The van der Waals surface area contributed by atoms with Crippen LogP contribution in [0.3, 0.4) is 0 Å². The molecule has 3 atom stereocenters. The summed E-state index contributed by atoms with van der Waals surface area (Å²) >= 11 is 0. The molecule has 1 rings (SSSR count). The number of hydrogen-bond acceptors (Lipinski definition) is 3. The fourth-order valence-corrected chi connectivity index (χ4v) is 2.73. The van der Waals surface area contributed by atoms with E-state index in [9.17, 15) is 4.79 Å². The first-order chi connectivity index (χ1) is 8.56. The highest BCUT2D eigenvalue weighted by atomic mass is 16.2. The Balaban J connectivity index is 2.31. The first-order valence-corrected chi connectivity index (χ1v) is 7.34. The minimum atomic E-state index is 0.154. The smallest absolute Gasteiger partial charge is 0.234 e. The summed E-state index contributed by atoms with van der Waals surface area (Å²) in [6.45, 7) is 8.83. The number of carbonyl (C=O) groups excluding carboxylic acids is 1. The zero-order valence-electron chi connectivity index (χ0n) is 12.1. The lowest BCUT2D eigenvalue weighted by molar-refractivity contribution is -0.123. The van der Waals surface area contributed by atoms with Crippen molar-refractivity contribution in [3.8, 4) is 0 Å². The van der Waals surface area contributed by atoms with E-state index in [0.717, 1.165) is 38.8 Å². The van der Waals surface area contributed by atoms with E-state index in [-0.39, 0.29) is 11.9 Å². The van der Waals surface area contributed by atoms with E-state index < -0.39 is 0 Å². The lowest BCUT2D eigenvalue weighted by Gasteiger charge is -2.36. The van der Waals surface area contributed by atoms with Gasteiger partial charge in [-0.2, -0.15) is 0 Å². The second-order valence-corrected chi connectivity index (χ2v) is 5.61. The quantitative estimate of drug-likeness (QED) is 0.753. The average Bonchev–Trinajstić information content (AvgIpc) is 2.31. The normalized spacial score (nSPS) is 26.9. The Hall–Kier alpha value is -0.610. The van der Waals surface area contributed by atoms with E-state index in [0.29, 0.717) is 18.5 Å². The molecular formula is C14H29N3O. The van der Waals surface area contributed by atoms with Crippen molar-refractivity contribution in [3.63, 3.8) is 0 Å². The van der Waals surface area contributed by atoms with Crippen molar-refractivity contribution in [1.29, 1.82) is 0 Å². The molecule has 1 amide bonds. The molecule has 0 aliphatic carbocycles. The van der Waals surface area contributed by atoms with E-state index >= 15 is 0 Å². The van der Waals surface area contributed by atoms with Crippen molar-refractivity contribution in [2.24, 2.45) is 11.7 Å². The number of nitrogens with zero attached hydrogens (tertiary/aromatic N) is 1. The first kappa shape index (κ1) is 15.4. The average molecular weight is 255 g/mol. The molecule has 0 aromatic heterocycles. The van der Waals surface area contributed by atoms with Crippen molar-refractivity contribution in [2.75, 3.05) is 19.6 Å². The summed E-state index contributed by atoms with van der Waals surface area (Å²) in [5.41, 5.74) is 6.08. The maximum Gasteiger partial charge on any atom is 0.234 e. The minimum absolute atomic E-state index is 0.154. The monoisotopic (exact) mass is 255 g/mol. The van der Waals surface area contributed by atoms with Gasteiger partial charge in [0.1, 0.15) is 0 Å². The maximum atomic E-state index is 11.9. The molecule has 0 spiro atoms. The zero-order chi connectivity index (χ0) is 13.5. The molecule has 3 unspecified atom stereocenters. The summed E-state index contributed by atoms with van der Waals surface area (Å²) in [5, 5.41) is 3.06. The fraction of sp³-hybridized carbons (Fsp3) is 0.929. The standard InChI is InChI=1S/C14H29N3O/c1-4-6-11(3)16-14(18)10-17-8-7-13(15)12(5-2)9-17/h11-13H,4-10,15H2,1-3H3,(H,16,18). The number of nitrogens with one attached hydrogen (secondary N) is 1. The van der Waals surface area contributed by atoms with Crippen LogP contribution in [0, 0.1) is 5.92 Å². The third kappa shape index (κ3) is 4.94. The Kier molecular flexibility index (Phi) is 6.65. The molecule has 1 fully saturated rings. The largest absolute Gasteiger partial charge is 0.353 e. The molecule has 4 heteroatoms. The van der Waals surface area contributed by atoms with Crippen molar-refractivity contribution in [2.45, 2.75) is 58.5 Å². The van der Waals surface area contributed by atoms with Crippen molar-refractivity contribution in [3.05, 3.63) is 0 Å². The van der Waals surface area contributed by atoms with E-state index in [2.05, 4.69) is 31.0 Å². The van der Waals surface area contributed by atoms with Gasteiger partial charge < -0.3 is 11.1 Å². The van der Waals surface area contributed by atoms with E-state index in [1.165, 1.54) is 0 Å². The van der Waals surface area contributed by atoms with Gasteiger partial charge in [0, 0.05) is 25.2 Å². The lowest BCUT2D eigenvalue weighted by Crippen LogP contribution is -2.50. The van der Waals surface area contributed by atoms with Gasteiger partial charge in [0.25, 0.3) is 0 Å². The van der Waals surface area contributed by atoms with Gasteiger partial charge in [-0.3, -0.25) is 9.69 Å². The minimum Gasteiger partial charge on any atom is -0.353 e. The fourth-order valence-electron chi connectivity index (χ4n) is 2.73. The molecule has 1 aliphatic rings. The predicted octanol–water partition coefficient (Wildman–Crippen LogP) is 1.35. The highest BCUT2D eigenvalue weighted by Crippen LogP contribution is 2.18. The zero-order valence-corrected chi connectivity index (χ0v) is 12.1. The summed E-state index contributed by atoms with van der Waals surface area (Å²) in [7, 11) is 0. The molecule has 0 aromatic rings. The molecule has 0 saturated carbocycles. The van der Waals surface area contributed by atoms with Crippen LogP contribution < -0.4 is 11.1 Å². The summed E-state index contributed by atoms with van der Waals surface area (Å²) in [6.07, 6.45) is 4.27. The van der Waals surface area contributed by atoms with Gasteiger partial charge >= 0.3 is 0 Å². The molecule has 1 saturated heterocycles. The second-order valence-electron chi connectivity index (χ2n) is 5.61. The molecule has 0 aromatic carbocycles. The van der Waals surface area contributed by atoms with Gasteiger partial charge in [-0.25, -0.2) is 0 Å². The Morgan fingerprint density at radius 1 is 1.50 bits per heavy atom. The molecule has 1 heterocycles. The van der Waals surface area contributed by atoms with Crippen molar-refractivity contribution < 1.29 is 4.79 Å². The van der Waals surface area contributed by atoms with Crippen LogP contribution in [0.25, 0.3) is 0 Å². The van der Waals surface area contributed by atoms with Crippen LogP contribution >= 0.6 is 0 Å². The summed E-state index contributed by atoms with van der Waals surface area (Å²) in [6, 6.07) is 0.602. The number of piperidine rings is 1. The molecule has 0 bridgehead atoms. The first-order valence-electron chi connectivity index (χ1n) is 7.34. The predicted molar refractivity (Wildman–Crippen MR) is 75.3 cm³/mol. The van der Waals surface area contributed by atoms with Gasteiger partial charge in [0.05, 0.1) is 6.54 Å². The number of hydrogen-bond donors (Lipinski definition) is 2. The topological polar surface area (TPSA) is 58.4 Å². The lowest BCUT2D eigenvalue weighted by atomic mass is 9.91. The molecule has 18 heavy (non-hydrogen) atoms. The number of likely N-dealkylation sites (tertiary alicyclic amines) is 1. The van der Waals surface area contributed by atoms with E-state index in [1.54, 1.807) is 0 Å². The summed E-state index contributed by atoms with van der Waals surface area (Å²) in [4.78, 5) is 14.1. The van der Waals surface area contributed by atoms with Crippen LogP contribution in [0.1, 0.15) is 46.5 Å².